The van der Waals surface area contributed by atoms with Gasteiger partial charge in [0.1, 0.15) is 5.75 Å². The number of hydrogen-bond acceptors (Lipinski definition) is 8. The highest BCUT2D eigenvalue weighted by atomic mass is 32.2. The molecule has 0 fully saturated rings. The zero-order valence-corrected chi connectivity index (χ0v) is 23.8. The molecule has 2 rings (SSSR count). The van der Waals surface area contributed by atoms with Gasteiger partial charge < -0.3 is 30.5 Å². The number of phenols is 1. The zero-order chi connectivity index (χ0) is 29.3. The van der Waals surface area contributed by atoms with Crippen molar-refractivity contribution in [2.45, 2.75) is 76.4 Å². The lowest BCUT2D eigenvalue weighted by Crippen LogP contribution is -2.22. The van der Waals surface area contributed by atoms with Crippen LogP contribution >= 0.6 is 0 Å². The van der Waals surface area contributed by atoms with Crippen molar-refractivity contribution in [3.05, 3.63) is 58.7 Å². The zero-order valence-electron chi connectivity index (χ0n) is 22.9. The number of rotatable bonds is 17. The van der Waals surface area contributed by atoms with Crippen LogP contribution in [0.3, 0.4) is 0 Å². The molecule has 2 aromatic rings. The maximum atomic E-state index is 11.6. The molecule has 0 aliphatic heterocycles. The predicted molar refractivity (Wildman–Crippen MR) is 150 cm³/mol. The Kier molecular flexibility index (Phi) is 16.5. The minimum atomic E-state index is -3.68. The van der Waals surface area contributed by atoms with Crippen LogP contribution in [0.2, 0.25) is 0 Å². The number of aliphatic carboxylic acids is 1. The van der Waals surface area contributed by atoms with Gasteiger partial charge in [0.05, 0.1) is 17.6 Å². The molecule has 0 heterocycles. The van der Waals surface area contributed by atoms with Crippen LogP contribution in [0.1, 0.15) is 73.8 Å². The molecule has 1 atom stereocenters. The first-order valence-electron chi connectivity index (χ1n) is 13.2. The van der Waals surface area contributed by atoms with Gasteiger partial charge in [-0.3, -0.25) is 4.79 Å². The van der Waals surface area contributed by atoms with Crippen LogP contribution in [-0.4, -0.2) is 61.1 Å². The number of carbonyl (C=O) groups is 1. The van der Waals surface area contributed by atoms with Gasteiger partial charge in [-0.15, -0.1) is 0 Å². The van der Waals surface area contributed by atoms with E-state index in [2.05, 4.69) is 5.32 Å². The second-order valence-electron chi connectivity index (χ2n) is 9.47. The molecule has 0 saturated heterocycles. The number of aliphatic hydroxyl groups excluding tert-OH is 2. The maximum Gasteiger partial charge on any atom is 0.300 e. The number of carboxylic acid groups (broad SMARTS) is 1. The summed E-state index contributed by atoms with van der Waals surface area (Å²) < 4.78 is 28.8. The lowest BCUT2D eigenvalue weighted by molar-refractivity contribution is -0.134. The molecule has 0 amide bonds. The van der Waals surface area contributed by atoms with Gasteiger partial charge in [-0.1, -0.05) is 25.0 Å². The maximum absolute atomic E-state index is 11.6. The predicted octanol–water partition coefficient (Wildman–Crippen LogP) is 3.15. The summed E-state index contributed by atoms with van der Waals surface area (Å²) in [5.41, 5.74) is 2.95. The molecule has 0 aliphatic rings. The average molecular weight is 569 g/mol. The van der Waals surface area contributed by atoms with Gasteiger partial charge in [-0.05, 0) is 86.5 Å². The molecular formula is C28H44N2O8S. The molecule has 2 aromatic carbocycles. The van der Waals surface area contributed by atoms with Crippen molar-refractivity contribution in [3.63, 3.8) is 0 Å². The first kappa shape index (κ1) is 34.5. The fraction of sp³-hybridized carbons (Fsp3) is 0.536. The van der Waals surface area contributed by atoms with Gasteiger partial charge in [0, 0.05) is 32.2 Å². The topological polar surface area (TPSA) is 179 Å². The second kappa shape index (κ2) is 18.7. The highest BCUT2D eigenvalue weighted by molar-refractivity contribution is 7.89. The van der Waals surface area contributed by atoms with Crippen molar-refractivity contribution in [2.24, 2.45) is 5.14 Å². The van der Waals surface area contributed by atoms with Crippen LogP contribution in [0.4, 0.5) is 0 Å². The average Bonchev–Trinajstić information content (AvgIpc) is 2.85. The summed E-state index contributed by atoms with van der Waals surface area (Å²) in [5.74, 6) is -0.802. The molecule has 0 saturated carbocycles. The highest BCUT2D eigenvalue weighted by Gasteiger charge is 2.11. The molecule has 0 aromatic heterocycles. The van der Waals surface area contributed by atoms with Crippen LogP contribution in [0.15, 0.2) is 41.3 Å². The Labute approximate surface area is 231 Å². The molecule has 0 bridgehead atoms. The minimum absolute atomic E-state index is 0.0311. The van der Waals surface area contributed by atoms with E-state index in [1.54, 1.807) is 24.3 Å². The van der Waals surface area contributed by atoms with Crippen molar-refractivity contribution < 1.29 is 38.4 Å². The van der Waals surface area contributed by atoms with E-state index in [0.717, 1.165) is 76.1 Å². The van der Waals surface area contributed by atoms with Crippen molar-refractivity contribution in [1.82, 2.24) is 5.32 Å². The Morgan fingerprint density at radius 3 is 2.31 bits per heavy atom. The Hall–Kier alpha value is -2.54. The van der Waals surface area contributed by atoms with Crippen LogP contribution in [-0.2, 0) is 32.6 Å². The summed E-state index contributed by atoms with van der Waals surface area (Å²) in [5, 5.41) is 44.9. The monoisotopic (exact) mass is 568 g/mol. The smallest absolute Gasteiger partial charge is 0.300 e. The number of unbranched alkanes of at least 4 members (excludes halogenated alkanes) is 4. The third-order valence-corrected chi connectivity index (χ3v) is 6.72. The van der Waals surface area contributed by atoms with E-state index < -0.39 is 22.1 Å². The van der Waals surface area contributed by atoms with Crippen LogP contribution in [0.25, 0.3) is 0 Å². The largest absolute Gasteiger partial charge is 0.508 e. The number of primary sulfonamides is 1. The summed E-state index contributed by atoms with van der Waals surface area (Å²) in [6, 6.07) is 10.0. The van der Waals surface area contributed by atoms with Crippen molar-refractivity contribution in [1.29, 1.82) is 0 Å². The number of aliphatic hydroxyl groups is 2. The SMILES string of the molecule is CC(=O)O.Cc1cc(CCCCOCCCCCCNC[C@H](O)c2ccc(O)c(CO)c2)cc(S(N)(=O)=O)c1. The lowest BCUT2D eigenvalue weighted by Gasteiger charge is -2.14. The van der Waals surface area contributed by atoms with Crippen molar-refractivity contribution in [3.8, 4) is 5.75 Å². The van der Waals surface area contributed by atoms with Crippen LogP contribution in [0, 0.1) is 6.92 Å². The minimum Gasteiger partial charge on any atom is -0.508 e. The van der Waals surface area contributed by atoms with Gasteiger partial charge in [-0.25, -0.2) is 13.6 Å². The van der Waals surface area contributed by atoms with E-state index in [-0.39, 0.29) is 17.3 Å². The third-order valence-electron chi connectivity index (χ3n) is 5.83. The standard InChI is InChI=1S/C26H40N2O6S.C2H4O2/c1-20-14-21(16-24(15-20)35(27,32)33)8-4-7-13-34-12-6-3-2-5-11-28-18-26(31)22-9-10-25(30)23(17-22)19-29;1-2(3)4/h9-10,14-17,26,28-31H,2-8,11-13,18-19H2,1H3,(H2,27,32,33);1H3,(H,3,4)/t26-;/m0./s1. The van der Waals surface area contributed by atoms with Crippen LogP contribution < -0.4 is 10.5 Å². The van der Waals surface area contributed by atoms with E-state index in [1.165, 1.54) is 6.07 Å². The Morgan fingerprint density at radius 1 is 1.03 bits per heavy atom. The number of sulfonamides is 1. The number of benzene rings is 2. The quantitative estimate of drug-likeness (QED) is 0.156. The normalized spacial score (nSPS) is 12.0. The second-order valence-corrected chi connectivity index (χ2v) is 11.0. The van der Waals surface area contributed by atoms with Gasteiger partial charge in [-0.2, -0.15) is 0 Å². The first-order chi connectivity index (χ1) is 18.4. The fourth-order valence-electron chi connectivity index (χ4n) is 3.87. The summed E-state index contributed by atoms with van der Waals surface area (Å²) >= 11 is 0. The number of nitrogens with one attached hydrogen (secondary N) is 1. The summed E-state index contributed by atoms with van der Waals surface area (Å²) in [6.45, 7) is 5.36. The van der Waals surface area contributed by atoms with E-state index in [9.17, 15) is 23.7 Å². The molecule has 0 unspecified atom stereocenters. The van der Waals surface area contributed by atoms with E-state index in [1.807, 2.05) is 13.0 Å². The van der Waals surface area contributed by atoms with E-state index >= 15 is 0 Å². The molecule has 0 aliphatic carbocycles. The van der Waals surface area contributed by atoms with Gasteiger partial charge in [0.15, 0.2) is 0 Å². The molecule has 11 heteroatoms. The van der Waals surface area contributed by atoms with Gasteiger partial charge in [0.2, 0.25) is 10.0 Å². The Balaban J connectivity index is 0.00000177. The lowest BCUT2D eigenvalue weighted by atomic mass is 10.1. The highest BCUT2D eigenvalue weighted by Crippen LogP contribution is 2.22. The number of nitrogens with two attached hydrogens (primary N) is 1. The number of ether oxygens (including phenoxy) is 1. The van der Waals surface area contributed by atoms with Crippen molar-refractivity contribution in [2.75, 3.05) is 26.3 Å². The number of aromatic hydroxyl groups is 1. The number of aryl methyl sites for hydroxylation is 2. The molecule has 220 valence electrons. The molecule has 0 spiro atoms. The summed E-state index contributed by atoms with van der Waals surface area (Å²) in [6.07, 6.45) is 6.15. The molecule has 7 N–H and O–H groups in total. The van der Waals surface area contributed by atoms with E-state index in [0.29, 0.717) is 24.3 Å². The molecule has 39 heavy (non-hydrogen) atoms. The van der Waals surface area contributed by atoms with E-state index in [4.69, 9.17) is 19.8 Å². The summed E-state index contributed by atoms with van der Waals surface area (Å²) in [4.78, 5) is 9.17. The van der Waals surface area contributed by atoms with Gasteiger partial charge in [0.25, 0.3) is 5.97 Å². The number of hydrogen-bond donors (Lipinski definition) is 6. The third kappa shape index (κ3) is 15.6. The first-order valence-corrected chi connectivity index (χ1v) is 14.7. The van der Waals surface area contributed by atoms with Crippen molar-refractivity contribution >= 4 is 16.0 Å². The Bertz CT molecular complexity index is 1100. The molecule has 10 nitrogen and oxygen atoms in total. The Morgan fingerprint density at radius 2 is 1.67 bits per heavy atom. The number of carboxylic acids is 1. The molecule has 0 radical (unpaired) electrons. The fourth-order valence-corrected chi connectivity index (χ4v) is 4.54. The molecular weight excluding hydrogens is 524 g/mol. The van der Waals surface area contributed by atoms with Gasteiger partial charge >= 0.3 is 0 Å². The van der Waals surface area contributed by atoms with Crippen LogP contribution in [0.5, 0.6) is 5.75 Å². The summed E-state index contributed by atoms with van der Waals surface area (Å²) in [7, 11) is -3.68.